The topological polar surface area (TPSA) is 68.0 Å². The van der Waals surface area contributed by atoms with Crippen molar-refractivity contribution in [2.24, 2.45) is 5.92 Å². The summed E-state index contributed by atoms with van der Waals surface area (Å²) in [6, 6.07) is 11.4. The Labute approximate surface area is 151 Å². The van der Waals surface area contributed by atoms with Crippen molar-refractivity contribution < 1.29 is 9.21 Å². The van der Waals surface area contributed by atoms with Crippen LogP contribution in [0.5, 0.6) is 0 Å². The fourth-order valence-electron chi connectivity index (χ4n) is 2.32. The predicted molar refractivity (Wildman–Crippen MR) is 100 cm³/mol. The number of carbonyl (C=O) groups is 1. The third kappa shape index (κ3) is 4.20. The molecule has 0 bridgehead atoms. The molecule has 3 rings (SSSR count). The van der Waals surface area contributed by atoms with E-state index < -0.39 is 0 Å². The number of nitrogens with one attached hydrogen (secondary N) is 1. The molecule has 0 aliphatic carbocycles. The quantitative estimate of drug-likeness (QED) is 0.531. The van der Waals surface area contributed by atoms with Crippen LogP contribution < -0.4 is 5.32 Å². The van der Waals surface area contributed by atoms with Gasteiger partial charge in [-0.3, -0.25) is 4.79 Å². The van der Waals surface area contributed by atoms with E-state index in [2.05, 4.69) is 29.1 Å². The van der Waals surface area contributed by atoms with Gasteiger partial charge in [-0.25, -0.2) is 9.97 Å². The summed E-state index contributed by atoms with van der Waals surface area (Å²) in [7, 11) is 0. The number of hydrogen-bond donors (Lipinski definition) is 1. The molecule has 5 nitrogen and oxygen atoms in total. The second-order valence-corrected chi connectivity index (χ2v) is 7.58. The van der Waals surface area contributed by atoms with E-state index in [-0.39, 0.29) is 11.2 Å². The Balaban J connectivity index is 1.90. The molecule has 1 unspecified atom stereocenters. The van der Waals surface area contributed by atoms with Crippen molar-refractivity contribution in [1.29, 1.82) is 0 Å². The van der Waals surface area contributed by atoms with Gasteiger partial charge in [0.1, 0.15) is 5.03 Å². The summed E-state index contributed by atoms with van der Waals surface area (Å²) >= 11 is 1.44. The Hall–Kier alpha value is -2.34. The van der Waals surface area contributed by atoms with Crippen molar-refractivity contribution in [3.63, 3.8) is 0 Å². The van der Waals surface area contributed by atoms with Gasteiger partial charge in [0.15, 0.2) is 11.6 Å². The Morgan fingerprint density at radius 2 is 1.96 bits per heavy atom. The van der Waals surface area contributed by atoms with Crippen molar-refractivity contribution in [3.8, 4) is 11.6 Å². The monoisotopic (exact) mass is 355 g/mol. The molecule has 0 aliphatic heterocycles. The van der Waals surface area contributed by atoms with Crippen LogP contribution >= 0.6 is 11.8 Å². The molecule has 3 aromatic rings. The molecule has 1 amide bonds. The van der Waals surface area contributed by atoms with Gasteiger partial charge in [0, 0.05) is 11.9 Å². The minimum absolute atomic E-state index is 0.0148. The van der Waals surface area contributed by atoms with Crippen LogP contribution in [0.15, 0.2) is 52.1 Å². The van der Waals surface area contributed by atoms with Crippen molar-refractivity contribution in [1.82, 2.24) is 15.3 Å². The first-order valence-electron chi connectivity index (χ1n) is 8.29. The smallest absolute Gasteiger partial charge is 0.233 e. The average molecular weight is 355 g/mol. The van der Waals surface area contributed by atoms with E-state index in [1.165, 1.54) is 11.8 Å². The van der Waals surface area contributed by atoms with E-state index in [1.54, 1.807) is 6.26 Å². The number of para-hydroxylation sites is 1. The third-order valence-corrected chi connectivity index (χ3v) is 4.75. The Morgan fingerprint density at radius 1 is 1.16 bits per heavy atom. The second kappa shape index (κ2) is 7.70. The van der Waals surface area contributed by atoms with Crippen molar-refractivity contribution >= 4 is 28.6 Å². The minimum Gasteiger partial charge on any atom is -0.461 e. The number of hydrogen-bond acceptors (Lipinski definition) is 5. The van der Waals surface area contributed by atoms with E-state index in [0.717, 1.165) is 15.9 Å². The number of carbonyl (C=O) groups excluding carboxylic acids is 1. The molecular formula is C19H21N3O2S. The Bertz CT molecular complexity index is 862. The molecule has 25 heavy (non-hydrogen) atoms. The summed E-state index contributed by atoms with van der Waals surface area (Å²) in [5.74, 6) is 1.58. The van der Waals surface area contributed by atoms with Crippen molar-refractivity contribution in [2.45, 2.75) is 31.0 Å². The normalized spacial score (nSPS) is 12.5. The van der Waals surface area contributed by atoms with Gasteiger partial charge in [0.25, 0.3) is 0 Å². The molecule has 1 N–H and O–H groups in total. The average Bonchev–Trinajstić information content (AvgIpc) is 3.14. The largest absolute Gasteiger partial charge is 0.461 e. The van der Waals surface area contributed by atoms with E-state index in [1.807, 2.05) is 43.3 Å². The molecule has 1 atom stereocenters. The van der Waals surface area contributed by atoms with Gasteiger partial charge >= 0.3 is 0 Å². The lowest BCUT2D eigenvalue weighted by Crippen LogP contribution is -2.33. The molecule has 0 saturated heterocycles. The fourth-order valence-corrected chi connectivity index (χ4v) is 3.29. The minimum atomic E-state index is -0.249. The summed E-state index contributed by atoms with van der Waals surface area (Å²) < 4.78 is 5.43. The number of aromatic nitrogens is 2. The maximum atomic E-state index is 12.3. The zero-order valence-corrected chi connectivity index (χ0v) is 15.3. The zero-order chi connectivity index (χ0) is 17.8. The summed E-state index contributed by atoms with van der Waals surface area (Å²) in [4.78, 5) is 21.5. The summed E-state index contributed by atoms with van der Waals surface area (Å²) in [6.07, 6.45) is 1.60. The molecule has 2 heterocycles. The molecular weight excluding hydrogens is 334 g/mol. The SMILES string of the molecule is CC(C)CNC(=O)C(C)Sc1nc(-c2ccco2)nc2ccccc12. The summed E-state index contributed by atoms with van der Waals surface area (Å²) in [5, 5.41) is 4.44. The maximum absolute atomic E-state index is 12.3. The highest BCUT2D eigenvalue weighted by Crippen LogP contribution is 2.31. The number of furan rings is 1. The molecule has 0 aliphatic rings. The van der Waals surface area contributed by atoms with Gasteiger partial charge in [-0.05, 0) is 31.0 Å². The molecule has 0 fully saturated rings. The van der Waals surface area contributed by atoms with Crippen LogP contribution in [0.4, 0.5) is 0 Å². The van der Waals surface area contributed by atoms with Crippen molar-refractivity contribution in [3.05, 3.63) is 42.7 Å². The predicted octanol–water partition coefficient (Wildman–Crippen LogP) is 4.14. The number of nitrogens with zero attached hydrogens (tertiary/aromatic N) is 2. The first-order chi connectivity index (χ1) is 12.0. The fraction of sp³-hybridized carbons (Fsp3) is 0.316. The first kappa shape index (κ1) is 17.5. The van der Waals surface area contributed by atoms with Crippen LogP contribution in [0, 0.1) is 5.92 Å². The Morgan fingerprint density at radius 3 is 2.68 bits per heavy atom. The van der Waals surface area contributed by atoms with E-state index in [0.29, 0.717) is 24.0 Å². The molecule has 6 heteroatoms. The number of fused-ring (bicyclic) bond motifs is 1. The number of rotatable bonds is 6. The number of benzene rings is 1. The Kier molecular flexibility index (Phi) is 5.38. The first-order valence-corrected chi connectivity index (χ1v) is 9.17. The molecule has 130 valence electrons. The lowest BCUT2D eigenvalue weighted by molar-refractivity contribution is -0.120. The van der Waals surface area contributed by atoms with Gasteiger partial charge in [-0.2, -0.15) is 0 Å². The third-order valence-electron chi connectivity index (χ3n) is 3.65. The van der Waals surface area contributed by atoms with Gasteiger partial charge in [0.05, 0.1) is 17.0 Å². The highest BCUT2D eigenvalue weighted by molar-refractivity contribution is 8.00. The zero-order valence-electron chi connectivity index (χ0n) is 14.5. The van der Waals surface area contributed by atoms with Gasteiger partial charge in [-0.15, -0.1) is 0 Å². The van der Waals surface area contributed by atoms with Gasteiger partial charge in [0.2, 0.25) is 5.91 Å². The van der Waals surface area contributed by atoms with Crippen LogP contribution in [-0.4, -0.2) is 27.7 Å². The molecule has 0 saturated carbocycles. The van der Waals surface area contributed by atoms with E-state index in [4.69, 9.17) is 4.42 Å². The lowest BCUT2D eigenvalue weighted by atomic mass is 10.2. The summed E-state index contributed by atoms with van der Waals surface area (Å²) in [6.45, 7) is 6.72. The van der Waals surface area contributed by atoms with Crippen LogP contribution in [0.3, 0.4) is 0 Å². The van der Waals surface area contributed by atoms with Crippen molar-refractivity contribution in [2.75, 3.05) is 6.54 Å². The van der Waals surface area contributed by atoms with Crippen LogP contribution in [0.25, 0.3) is 22.5 Å². The second-order valence-electron chi connectivity index (χ2n) is 6.25. The summed E-state index contributed by atoms with van der Waals surface area (Å²) in [5.41, 5.74) is 0.834. The maximum Gasteiger partial charge on any atom is 0.233 e. The van der Waals surface area contributed by atoms with Crippen LogP contribution in [-0.2, 0) is 4.79 Å². The molecule has 1 aromatic carbocycles. The van der Waals surface area contributed by atoms with Gasteiger partial charge < -0.3 is 9.73 Å². The van der Waals surface area contributed by atoms with Crippen LogP contribution in [0.1, 0.15) is 20.8 Å². The van der Waals surface area contributed by atoms with Crippen LogP contribution in [0.2, 0.25) is 0 Å². The number of thioether (sulfide) groups is 1. The van der Waals surface area contributed by atoms with E-state index >= 15 is 0 Å². The molecule has 0 radical (unpaired) electrons. The number of amides is 1. The lowest BCUT2D eigenvalue weighted by Gasteiger charge is -2.14. The molecule has 2 aromatic heterocycles. The highest BCUT2D eigenvalue weighted by Gasteiger charge is 2.18. The standard InChI is InChI=1S/C19H21N3O2S/c1-12(2)11-20-18(23)13(3)25-19-14-7-4-5-8-15(14)21-17(22-19)16-9-6-10-24-16/h4-10,12-13H,11H2,1-3H3,(H,20,23). The van der Waals surface area contributed by atoms with Gasteiger partial charge in [-0.1, -0.05) is 43.8 Å². The van der Waals surface area contributed by atoms with E-state index in [9.17, 15) is 4.79 Å². The molecule has 0 spiro atoms. The highest BCUT2D eigenvalue weighted by atomic mass is 32.2.